The van der Waals surface area contributed by atoms with Crippen LogP contribution in [0.4, 0.5) is 0 Å². The maximum Gasteiger partial charge on any atom is 0.306 e. The normalized spacial score (nSPS) is 13.8. The summed E-state index contributed by atoms with van der Waals surface area (Å²) in [5.41, 5.74) is 0. The number of carbonyl (C=O) groups excluding carboxylic acids is 2. The van der Waals surface area contributed by atoms with E-state index >= 15 is 0 Å². The molecule has 0 radical (unpaired) electrons. The van der Waals surface area contributed by atoms with Gasteiger partial charge in [0.15, 0.2) is 0 Å². The van der Waals surface area contributed by atoms with Gasteiger partial charge in [0.25, 0.3) is 0 Å². The lowest BCUT2D eigenvalue weighted by Gasteiger charge is -2.24. The Morgan fingerprint density at radius 3 is 1.24 bits per heavy atom. The molecule has 3 unspecified atom stereocenters. The Morgan fingerprint density at radius 2 is 0.818 bits per heavy atom. The number of hydrogen-bond acceptors (Lipinski definition) is 5. The lowest BCUT2D eigenvalue weighted by molar-refractivity contribution is -0.150. The van der Waals surface area contributed by atoms with Gasteiger partial charge >= 0.3 is 5.97 Å². The second-order valence-electron chi connectivity index (χ2n) is 18.6. The van der Waals surface area contributed by atoms with Crippen LogP contribution in [-0.2, 0) is 14.3 Å². The minimum Gasteiger partial charge on any atom is -0.462 e. The molecule has 0 aromatic carbocycles. The van der Waals surface area contributed by atoms with Gasteiger partial charge in [-0.25, -0.2) is 0 Å². The van der Waals surface area contributed by atoms with Crippen LogP contribution >= 0.6 is 0 Å². The molecule has 0 saturated carbocycles. The summed E-state index contributed by atoms with van der Waals surface area (Å²) in [7, 11) is 0. The zero-order valence-corrected chi connectivity index (χ0v) is 43.3. The minimum atomic E-state index is -0.805. The van der Waals surface area contributed by atoms with Crippen molar-refractivity contribution in [1.82, 2.24) is 5.32 Å². The summed E-state index contributed by atoms with van der Waals surface area (Å²) in [6.07, 6.45) is 69.4. The van der Waals surface area contributed by atoms with E-state index in [0.717, 1.165) is 77.0 Å². The fourth-order valence-electron chi connectivity index (χ4n) is 8.04. The summed E-state index contributed by atoms with van der Waals surface area (Å²) in [5.74, 6) is -0.577. The number of hydrogen-bond donors (Lipinski definition) is 3. The Balaban J connectivity index is 4.70. The van der Waals surface area contributed by atoms with Crippen LogP contribution in [0.3, 0.4) is 0 Å². The molecule has 0 aliphatic carbocycles. The summed E-state index contributed by atoms with van der Waals surface area (Å²) in [5, 5.41) is 23.8. The highest BCUT2D eigenvalue weighted by Gasteiger charge is 2.24. The molecule has 0 aromatic rings. The monoisotopic (exact) mass is 920 g/mol. The number of rotatable bonds is 49. The van der Waals surface area contributed by atoms with Crippen molar-refractivity contribution in [3.8, 4) is 0 Å². The number of allylic oxidation sites excluding steroid dienone is 14. The summed E-state index contributed by atoms with van der Waals surface area (Å²) in [6, 6.07) is -0.721. The molecule has 0 heterocycles. The van der Waals surface area contributed by atoms with E-state index < -0.39 is 18.2 Å². The molecule has 0 fully saturated rings. The minimum absolute atomic E-state index is 0.0414. The molecule has 66 heavy (non-hydrogen) atoms. The molecule has 6 heteroatoms. The first-order valence-corrected chi connectivity index (χ1v) is 27.8. The maximum absolute atomic E-state index is 13.2. The number of ether oxygens (including phenoxy) is 1. The first-order valence-electron chi connectivity index (χ1n) is 27.8. The van der Waals surface area contributed by atoms with E-state index in [4.69, 9.17) is 4.74 Å². The number of nitrogens with one attached hydrogen (secondary N) is 1. The van der Waals surface area contributed by atoms with E-state index in [1.165, 1.54) is 128 Å². The number of amides is 1. The van der Waals surface area contributed by atoms with Gasteiger partial charge in [0.2, 0.25) is 5.91 Å². The number of carbonyl (C=O) groups is 2. The van der Waals surface area contributed by atoms with Gasteiger partial charge in [-0.1, -0.05) is 241 Å². The predicted octanol–water partition coefficient (Wildman–Crippen LogP) is 17.1. The van der Waals surface area contributed by atoms with Crippen molar-refractivity contribution in [3.05, 3.63) is 85.1 Å². The van der Waals surface area contributed by atoms with Gasteiger partial charge in [-0.05, 0) is 89.9 Å². The second kappa shape index (κ2) is 53.0. The van der Waals surface area contributed by atoms with E-state index in [0.29, 0.717) is 19.3 Å². The van der Waals surface area contributed by atoms with Crippen molar-refractivity contribution in [1.29, 1.82) is 0 Å². The Morgan fingerprint density at radius 1 is 0.455 bits per heavy atom. The topological polar surface area (TPSA) is 95.9 Å². The number of esters is 1. The quantitative estimate of drug-likeness (QED) is 0.0321. The molecule has 0 bridgehead atoms. The Kier molecular flexibility index (Phi) is 50.6. The molecular formula is C60H105NO5. The van der Waals surface area contributed by atoms with Crippen LogP contribution in [0, 0.1) is 0 Å². The third-order valence-corrected chi connectivity index (χ3v) is 12.2. The Hall–Kier alpha value is -2.96. The van der Waals surface area contributed by atoms with E-state index in [-0.39, 0.29) is 31.3 Å². The molecule has 1 amide bonds. The van der Waals surface area contributed by atoms with Gasteiger partial charge in [0.05, 0.1) is 25.2 Å². The van der Waals surface area contributed by atoms with Gasteiger partial charge in [-0.2, -0.15) is 0 Å². The van der Waals surface area contributed by atoms with Crippen LogP contribution in [0.5, 0.6) is 0 Å². The third kappa shape index (κ3) is 47.5. The average Bonchev–Trinajstić information content (AvgIpc) is 3.31. The molecular weight excluding hydrogens is 815 g/mol. The predicted molar refractivity (Wildman–Crippen MR) is 287 cm³/mol. The van der Waals surface area contributed by atoms with E-state index in [9.17, 15) is 19.8 Å². The summed E-state index contributed by atoms with van der Waals surface area (Å²) < 4.78 is 5.91. The van der Waals surface area contributed by atoms with Crippen LogP contribution < -0.4 is 5.32 Å². The van der Waals surface area contributed by atoms with E-state index in [2.05, 4.69) is 105 Å². The largest absolute Gasteiger partial charge is 0.462 e. The summed E-state index contributed by atoms with van der Waals surface area (Å²) >= 11 is 0. The number of aliphatic hydroxyl groups is 2. The van der Waals surface area contributed by atoms with Gasteiger partial charge < -0.3 is 20.3 Å². The zero-order valence-electron chi connectivity index (χ0n) is 43.3. The van der Waals surface area contributed by atoms with Gasteiger partial charge in [-0.15, -0.1) is 0 Å². The SMILES string of the molecule is CC/C=C\C/C=C\C/C=C\C/C=C\C/C=C\C/C=C\CCC(=O)OC(CCCCCCCCC/C=C/CCCCCCCC)CC(=O)NC(CO)C(O)CCCCCCCCCCCCC. The molecule has 380 valence electrons. The lowest BCUT2D eigenvalue weighted by atomic mass is 10.0. The maximum atomic E-state index is 13.2. The first kappa shape index (κ1) is 63.0. The standard InChI is InChI=1S/C60H105NO5/c1-4-7-10-13-16-19-22-24-26-28-29-31-33-35-38-41-44-47-50-53-60(65)66-56(51-48-45-42-39-37-34-32-30-27-25-23-20-17-14-11-8-5-2)54-59(64)61-57(55-62)58(63)52-49-46-43-40-36-21-18-15-12-9-6-3/h7,10,16,19,24-27,29,31,35,38,44,47,56-58,62-63H,4-6,8-9,11-15,17-18,20-23,28,30,32-34,36-37,39-43,45-46,48-55H2,1-3H3,(H,61,64)/b10-7-,19-16-,26-24-,27-25+,31-29-,38-35-,47-44-. The van der Waals surface area contributed by atoms with Crippen LogP contribution in [0.15, 0.2) is 85.1 Å². The van der Waals surface area contributed by atoms with Crippen LogP contribution in [0.2, 0.25) is 0 Å². The number of aliphatic hydroxyl groups excluding tert-OH is 2. The first-order chi connectivity index (χ1) is 32.5. The molecule has 0 saturated heterocycles. The van der Waals surface area contributed by atoms with Crippen LogP contribution in [0.1, 0.15) is 258 Å². The highest BCUT2D eigenvalue weighted by molar-refractivity contribution is 5.77. The lowest BCUT2D eigenvalue weighted by Crippen LogP contribution is -2.46. The molecule has 3 atom stereocenters. The highest BCUT2D eigenvalue weighted by Crippen LogP contribution is 2.17. The van der Waals surface area contributed by atoms with Crippen molar-refractivity contribution >= 4 is 11.9 Å². The molecule has 3 N–H and O–H groups in total. The Bertz CT molecular complexity index is 1260. The van der Waals surface area contributed by atoms with Gasteiger partial charge in [0, 0.05) is 6.42 Å². The smallest absolute Gasteiger partial charge is 0.306 e. The fraction of sp³-hybridized carbons (Fsp3) is 0.733. The molecule has 0 aromatic heterocycles. The van der Waals surface area contributed by atoms with Crippen molar-refractivity contribution in [2.75, 3.05) is 6.61 Å². The van der Waals surface area contributed by atoms with Crippen molar-refractivity contribution in [2.45, 2.75) is 277 Å². The third-order valence-electron chi connectivity index (χ3n) is 12.2. The molecule has 0 spiro atoms. The van der Waals surface area contributed by atoms with Crippen LogP contribution in [-0.4, -0.2) is 46.9 Å². The van der Waals surface area contributed by atoms with Crippen LogP contribution in [0.25, 0.3) is 0 Å². The molecule has 0 aliphatic rings. The highest BCUT2D eigenvalue weighted by atomic mass is 16.5. The van der Waals surface area contributed by atoms with Crippen molar-refractivity contribution < 1.29 is 24.5 Å². The Labute approximate surface area is 408 Å². The molecule has 6 nitrogen and oxygen atoms in total. The van der Waals surface area contributed by atoms with E-state index in [1.807, 2.05) is 6.08 Å². The van der Waals surface area contributed by atoms with E-state index in [1.54, 1.807) is 0 Å². The zero-order chi connectivity index (χ0) is 48.1. The van der Waals surface area contributed by atoms with Gasteiger partial charge in [-0.3, -0.25) is 9.59 Å². The molecule has 0 rings (SSSR count). The summed E-state index contributed by atoms with van der Waals surface area (Å²) in [6.45, 7) is 6.35. The van der Waals surface area contributed by atoms with Crippen molar-refractivity contribution in [3.63, 3.8) is 0 Å². The fourth-order valence-corrected chi connectivity index (χ4v) is 8.04. The second-order valence-corrected chi connectivity index (χ2v) is 18.6. The average molecular weight is 921 g/mol. The molecule has 0 aliphatic heterocycles. The van der Waals surface area contributed by atoms with Gasteiger partial charge in [0.1, 0.15) is 6.10 Å². The number of unbranched alkanes of at least 4 members (excludes halogenated alkanes) is 23. The van der Waals surface area contributed by atoms with Crippen molar-refractivity contribution in [2.24, 2.45) is 0 Å². The summed E-state index contributed by atoms with van der Waals surface area (Å²) in [4.78, 5) is 26.2.